The van der Waals surface area contributed by atoms with Gasteiger partial charge in [-0.15, -0.1) is 11.3 Å². The fourth-order valence-electron chi connectivity index (χ4n) is 8.67. The van der Waals surface area contributed by atoms with E-state index in [0.29, 0.717) is 49.9 Å². The van der Waals surface area contributed by atoms with Gasteiger partial charge in [0, 0.05) is 79.5 Å². The number of anilines is 1. The number of pyridine rings is 1. The van der Waals surface area contributed by atoms with E-state index in [1.54, 1.807) is 36.7 Å². The number of rotatable bonds is 16. The summed E-state index contributed by atoms with van der Waals surface area (Å²) < 4.78 is 22.2. The molecule has 2 fully saturated rings. The van der Waals surface area contributed by atoms with Crippen LogP contribution in [0.3, 0.4) is 0 Å². The second kappa shape index (κ2) is 21.8. The summed E-state index contributed by atoms with van der Waals surface area (Å²) in [4.78, 5) is 67.0. The van der Waals surface area contributed by atoms with Gasteiger partial charge in [0.1, 0.15) is 24.0 Å². The second-order valence-corrected chi connectivity index (χ2v) is 20.2. The van der Waals surface area contributed by atoms with Gasteiger partial charge in [-0.05, 0) is 74.3 Å². The number of carbonyl (C=O) groups is 4. The Morgan fingerprint density at radius 3 is 2.41 bits per heavy atom. The first kappa shape index (κ1) is 50.3. The molecule has 15 nitrogen and oxygen atoms in total. The van der Waals surface area contributed by atoms with E-state index >= 15 is 0 Å². The number of unbranched alkanes of at least 4 members (excludes halogenated alkanes) is 1. The number of piperidine rings is 1. The molecule has 5 aromatic rings. The van der Waals surface area contributed by atoms with Crippen molar-refractivity contribution in [2.45, 2.75) is 116 Å². The Hall–Kier alpha value is -5.62. The zero-order valence-electron chi connectivity index (χ0n) is 38.8. The number of nitrogens with zero attached hydrogens (tertiary/aromatic N) is 6. The molecule has 2 aromatic carbocycles. The molecule has 2 aliphatic rings. The molecule has 5 heterocycles. The van der Waals surface area contributed by atoms with E-state index in [-0.39, 0.29) is 77.7 Å². The number of nitrogens with one attached hydrogen (secondary N) is 2. The Kier molecular flexibility index (Phi) is 16.1. The molecule has 0 saturated carbocycles. The highest BCUT2D eigenvalue weighted by molar-refractivity contribution is 7.13. The Labute approximate surface area is 409 Å². The van der Waals surface area contributed by atoms with Crippen molar-refractivity contribution in [2.75, 3.05) is 25.4 Å². The molecule has 0 radical (unpaired) electrons. The molecule has 3 aromatic heterocycles. The summed E-state index contributed by atoms with van der Waals surface area (Å²) in [5, 5.41) is 21.2. The number of nitrogens with two attached hydrogens (primary N) is 1. The number of amides is 4. The van der Waals surface area contributed by atoms with Crippen LogP contribution in [-0.2, 0) is 25.7 Å². The van der Waals surface area contributed by atoms with Gasteiger partial charge < -0.3 is 36.0 Å². The number of hydrogen-bond donors (Lipinski definition) is 4. The lowest BCUT2D eigenvalue weighted by Crippen LogP contribution is -2.57. The number of aliphatic hydroxyl groups excluding tert-OH is 1. The highest BCUT2D eigenvalue weighted by atomic mass is 35.5. The van der Waals surface area contributed by atoms with Gasteiger partial charge in [-0.2, -0.15) is 5.10 Å². The van der Waals surface area contributed by atoms with Crippen molar-refractivity contribution in [3.63, 3.8) is 0 Å². The highest BCUT2D eigenvalue weighted by Gasteiger charge is 2.44. The first-order valence-electron chi connectivity index (χ1n) is 22.8. The van der Waals surface area contributed by atoms with E-state index in [4.69, 9.17) is 33.7 Å². The minimum absolute atomic E-state index is 0.0169. The average Bonchev–Trinajstić information content (AvgIpc) is 4.08. The molecular weight excluding hydrogens is 933 g/mol. The summed E-state index contributed by atoms with van der Waals surface area (Å²) in [5.41, 5.74) is 11.9. The van der Waals surface area contributed by atoms with E-state index in [0.717, 1.165) is 27.3 Å². The number of aromatic nitrogens is 4. The van der Waals surface area contributed by atoms with Gasteiger partial charge in [0.2, 0.25) is 23.6 Å². The van der Waals surface area contributed by atoms with Crippen LogP contribution in [0.5, 0.6) is 5.75 Å². The number of β-amino-alcohol motifs (C(OH)–C–C–N with tert-alkyl or cyclic N) is 1. The maximum Gasteiger partial charge on any atom is 0.246 e. The number of ether oxygens (including phenoxy) is 1. The lowest BCUT2D eigenvalue weighted by atomic mass is 9.85. The van der Waals surface area contributed by atoms with Crippen molar-refractivity contribution >= 4 is 64.0 Å². The SMILES string of the molecule is Cc1ncsc1-c1ccc(CNC(=O)[C@@H]2C[C@@H](O)CN2C(=O)[C@@H](NC(=O)CCCCC(=O)N2CCC(n3cc(-c4cnc(N)c(O[C@H](C)c5c(Cl)ccc(F)c5Cl)c4)cn3)CC2)C(C)(C)C)cc1. The molecule has 2 saturated heterocycles. The van der Waals surface area contributed by atoms with Crippen molar-refractivity contribution < 1.29 is 33.4 Å². The number of halogens is 3. The molecule has 0 bridgehead atoms. The molecule has 4 atom stereocenters. The number of thiazole rings is 1. The maximum atomic E-state index is 14.2. The molecule has 5 N–H and O–H groups in total. The first-order valence-corrected chi connectivity index (χ1v) is 24.4. The average molecular weight is 991 g/mol. The van der Waals surface area contributed by atoms with Gasteiger partial charge in [-0.3, -0.25) is 23.9 Å². The normalized spacial score (nSPS) is 17.5. The molecule has 7 rings (SSSR count). The fourth-order valence-corrected chi connectivity index (χ4v) is 10.2. The Morgan fingerprint density at radius 1 is 1.00 bits per heavy atom. The van der Waals surface area contributed by atoms with E-state index in [9.17, 15) is 28.7 Å². The summed E-state index contributed by atoms with van der Waals surface area (Å²) in [6.07, 6.45) is 6.53. The molecule has 0 aliphatic carbocycles. The third-order valence-corrected chi connectivity index (χ3v) is 14.2. The minimum Gasteiger partial charge on any atom is -0.482 e. The van der Waals surface area contributed by atoms with Crippen LogP contribution in [0.15, 0.2) is 66.6 Å². The van der Waals surface area contributed by atoms with Crippen LogP contribution in [-0.4, -0.2) is 96.1 Å². The molecule has 4 amide bonds. The third-order valence-electron chi connectivity index (χ3n) is 12.6. The Morgan fingerprint density at radius 2 is 1.72 bits per heavy atom. The zero-order valence-corrected chi connectivity index (χ0v) is 41.1. The predicted molar refractivity (Wildman–Crippen MR) is 260 cm³/mol. The summed E-state index contributed by atoms with van der Waals surface area (Å²) in [7, 11) is 0. The molecule has 0 spiro atoms. The second-order valence-electron chi connectivity index (χ2n) is 18.6. The first-order chi connectivity index (χ1) is 32.4. The highest BCUT2D eigenvalue weighted by Crippen LogP contribution is 2.38. The summed E-state index contributed by atoms with van der Waals surface area (Å²) in [5.74, 6) is -1.29. The quantitative estimate of drug-likeness (QED) is 0.0554. The van der Waals surface area contributed by atoms with Gasteiger partial charge in [-0.25, -0.2) is 14.4 Å². The number of benzene rings is 2. The predicted octanol–water partition coefficient (Wildman–Crippen LogP) is 8.08. The van der Waals surface area contributed by atoms with Crippen LogP contribution in [0.1, 0.15) is 102 Å². The smallest absolute Gasteiger partial charge is 0.246 e. The Bertz CT molecular complexity index is 2610. The number of aliphatic hydroxyl groups is 1. The number of aryl methyl sites for hydroxylation is 1. The van der Waals surface area contributed by atoms with Crippen molar-refractivity contribution in [3.8, 4) is 27.3 Å². The summed E-state index contributed by atoms with van der Waals surface area (Å²) >= 11 is 14.1. The van der Waals surface area contributed by atoms with Crippen LogP contribution in [0.2, 0.25) is 10.0 Å². The zero-order chi connectivity index (χ0) is 48.9. The molecule has 19 heteroatoms. The van der Waals surface area contributed by atoms with Gasteiger partial charge in [0.05, 0.1) is 39.4 Å². The summed E-state index contributed by atoms with van der Waals surface area (Å²) in [6.45, 7) is 10.5. The van der Waals surface area contributed by atoms with Crippen LogP contribution >= 0.6 is 34.5 Å². The number of carbonyl (C=O) groups excluding carboxylic acids is 4. The van der Waals surface area contributed by atoms with Crippen LogP contribution in [0.25, 0.3) is 21.6 Å². The van der Waals surface area contributed by atoms with E-state index in [2.05, 4.69) is 25.7 Å². The lowest BCUT2D eigenvalue weighted by molar-refractivity contribution is -0.144. The van der Waals surface area contributed by atoms with Crippen molar-refractivity contribution in [2.24, 2.45) is 5.41 Å². The van der Waals surface area contributed by atoms with Crippen molar-refractivity contribution in [3.05, 3.63) is 99.2 Å². The standard InChI is InChI=1S/C49H58Cl2FN9O6S/c1-28-44(68-27-56-28)31-12-10-30(11-13-31)22-55-47(65)38-21-35(62)26-60(38)48(66)45(49(3,4)5)58-40(63)8-6-7-9-41(64)59-18-16-34(17-19-59)61-25-33(24-57-61)32-20-39(46(53)54-23-32)67-29(2)42-36(50)14-15-37(52)43(42)51/h10-15,20,23-25,27,29,34-35,38,45,62H,6-9,16-19,21-22,26H2,1-5H3,(H2,53,54)(H,55,65)(H,58,63)/t29-,35-,38+,45-/m1/s1. The molecule has 0 unspecified atom stereocenters. The maximum absolute atomic E-state index is 14.2. The van der Waals surface area contributed by atoms with Gasteiger partial charge >= 0.3 is 0 Å². The van der Waals surface area contributed by atoms with Gasteiger partial charge in [-0.1, -0.05) is 68.2 Å². The minimum atomic E-state index is -0.941. The van der Waals surface area contributed by atoms with Crippen LogP contribution < -0.4 is 21.1 Å². The molecule has 362 valence electrons. The number of hydrogen-bond acceptors (Lipinski definition) is 11. The van der Waals surface area contributed by atoms with E-state index < -0.39 is 41.4 Å². The Balaban J connectivity index is 0.847. The largest absolute Gasteiger partial charge is 0.482 e. The van der Waals surface area contributed by atoms with E-state index in [1.807, 2.05) is 73.2 Å². The topological polar surface area (TPSA) is 198 Å². The van der Waals surface area contributed by atoms with Gasteiger partial charge in [0.15, 0.2) is 11.6 Å². The van der Waals surface area contributed by atoms with Gasteiger partial charge in [0.25, 0.3) is 0 Å². The third kappa shape index (κ3) is 12.0. The number of nitrogen functional groups attached to an aromatic ring is 1. The number of likely N-dealkylation sites (tertiary alicyclic amines) is 2. The molecular formula is C49H58Cl2FN9O6S. The monoisotopic (exact) mass is 989 g/mol. The lowest BCUT2D eigenvalue weighted by Gasteiger charge is -2.35. The van der Waals surface area contributed by atoms with Crippen LogP contribution in [0.4, 0.5) is 10.2 Å². The molecule has 68 heavy (non-hydrogen) atoms. The van der Waals surface area contributed by atoms with E-state index in [1.165, 1.54) is 17.0 Å². The molecule has 2 aliphatic heterocycles. The fraction of sp³-hybridized carbons (Fsp3) is 0.449. The van der Waals surface area contributed by atoms with Crippen molar-refractivity contribution in [1.82, 2.24) is 40.2 Å². The van der Waals surface area contributed by atoms with Crippen molar-refractivity contribution in [1.29, 1.82) is 0 Å². The summed E-state index contributed by atoms with van der Waals surface area (Å²) in [6, 6.07) is 10.4. The van der Waals surface area contributed by atoms with Crippen LogP contribution in [0, 0.1) is 18.2 Å².